The van der Waals surface area contributed by atoms with E-state index in [0.717, 1.165) is 17.8 Å². The maximum Gasteiger partial charge on any atom is 0.314 e. The standard InChI is InChI=1S/C17H25N3O4/c1-4-14-11(2)18-20(12(14)3)8-15(21)19-7-13-5-6-24-10-17(13,9-19)16(22)23/h13H,4-10H2,1-3H3,(H,22,23)/t13-,17+/m0/s1. The average Bonchev–Trinajstić information content (AvgIpc) is 3.06. The number of carboxylic acids is 1. The fourth-order valence-electron chi connectivity index (χ4n) is 4.11. The van der Waals surface area contributed by atoms with Gasteiger partial charge in [0.25, 0.3) is 0 Å². The number of aryl methyl sites for hydroxylation is 1. The molecule has 1 N–H and O–H groups in total. The number of carbonyl (C=O) groups is 2. The lowest BCUT2D eigenvalue weighted by Gasteiger charge is -2.33. The first-order chi connectivity index (χ1) is 11.4. The quantitative estimate of drug-likeness (QED) is 0.888. The highest BCUT2D eigenvalue weighted by molar-refractivity contribution is 5.81. The Balaban J connectivity index is 1.76. The van der Waals surface area contributed by atoms with Crippen LogP contribution in [0.4, 0.5) is 0 Å². The number of ether oxygens (including phenoxy) is 1. The second-order valence-electron chi connectivity index (χ2n) is 6.93. The van der Waals surface area contributed by atoms with E-state index >= 15 is 0 Å². The number of hydrogen-bond donors (Lipinski definition) is 1. The summed E-state index contributed by atoms with van der Waals surface area (Å²) in [6.45, 7) is 7.65. The molecule has 1 aromatic heterocycles. The normalized spacial score (nSPS) is 26.5. The van der Waals surface area contributed by atoms with Crippen molar-refractivity contribution in [1.29, 1.82) is 0 Å². The van der Waals surface area contributed by atoms with Crippen molar-refractivity contribution in [2.24, 2.45) is 11.3 Å². The van der Waals surface area contributed by atoms with Crippen LogP contribution in [0.1, 0.15) is 30.3 Å². The number of nitrogens with zero attached hydrogens (tertiary/aromatic N) is 3. The lowest BCUT2D eigenvalue weighted by Crippen LogP contribution is -2.46. The Labute approximate surface area is 141 Å². The number of hydrogen-bond acceptors (Lipinski definition) is 4. The van der Waals surface area contributed by atoms with E-state index in [1.807, 2.05) is 13.8 Å². The molecule has 24 heavy (non-hydrogen) atoms. The lowest BCUT2D eigenvalue weighted by atomic mass is 9.76. The third-order valence-electron chi connectivity index (χ3n) is 5.61. The third kappa shape index (κ3) is 2.60. The molecule has 2 fully saturated rings. The molecule has 2 aliphatic heterocycles. The zero-order valence-electron chi connectivity index (χ0n) is 14.5. The maximum absolute atomic E-state index is 12.7. The van der Waals surface area contributed by atoms with E-state index in [4.69, 9.17) is 4.74 Å². The molecule has 0 aromatic carbocycles. The summed E-state index contributed by atoms with van der Waals surface area (Å²) in [4.78, 5) is 26.2. The topological polar surface area (TPSA) is 84.7 Å². The third-order valence-corrected chi connectivity index (χ3v) is 5.61. The maximum atomic E-state index is 12.7. The van der Waals surface area contributed by atoms with Crippen molar-refractivity contribution >= 4 is 11.9 Å². The van der Waals surface area contributed by atoms with Crippen LogP contribution in [-0.4, -0.2) is 58.0 Å². The molecule has 2 atom stereocenters. The van der Waals surface area contributed by atoms with Crippen LogP contribution in [0.2, 0.25) is 0 Å². The Morgan fingerprint density at radius 2 is 2.17 bits per heavy atom. The average molecular weight is 335 g/mol. The highest BCUT2D eigenvalue weighted by atomic mass is 16.5. The van der Waals surface area contributed by atoms with Gasteiger partial charge in [-0.15, -0.1) is 0 Å². The molecular formula is C17H25N3O4. The van der Waals surface area contributed by atoms with Gasteiger partial charge >= 0.3 is 5.97 Å². The van der Waals surface area contributed by atoms with Gasteiger partial charge in [0.15, 0.2) is 0 Å². The summed E-state index contributed by atoms with van der Waals surface area (Å²) in [5.74, 6) is -0.959. The predicted molar refractivity (Wildman–Crippen MR) is 86.7 cm³/mol. The van der Waals surface area contributed by atoms with E-state index in [-0.39, 0.29) is 31.5 Å². The molecule has 3 rings (SSSR count). The zero-order valence-corrected chi connectivity index (χ0v) is 14.5. The van der Waals surface area contributed by atoms with Crippen molar-refractivity contribution in [2.75, 3.05) is 26.3 Å². The highest BCUT2D eigenvalue weighted by Gasteiger charge is 2.55. The number of likely N-dealkylation sites (tertiary alicyclic amines) is 1. The molecule has 0 bridgehead atoms. The van der Waals surface area contributed by atoms with Gasteiger partial charge in [0.05, 0.1) is 12.3 Å². The number of fused-ring (bicyclic) bond motifs is 1. The summed E-state index contributed by atoms with van der Waals surface area (Å²) < 4.78 is 7.15. The number of aromatic nitrogens is 2. The Morgan fingerprint density at radius 1 is 1.42 bits per heavy atom. The first-order valence-corrected chi connectivity index (χ1v) is 8.51. The zero-order chi connectivity index (χ0) is 17.5. The van der Waals surface area contributed by atoms with Gasteiger partial charge in [0.2, 0.25) is 5.91 Å². The van der Waals surface area contributed by atoms with Gasteiger partial charge in [-0.05, 0) is 38.2 Å². The molecule has 0 radical (unpaired) electrons. The van der Waals surface area contributed by atoms with E-state index in [1.54, 1.807) is 9.58 Å². The molecule has 0 aliphatic carbocycles. The van der Waals surface area contributed by atoms with Gasteiger partial charge in [0.1, 0.15) is 12.0 Å². The molecule has 1 aromatic rings. The van der Waals surface area contributed by atoms with Crippen molar-refractivity contribution in [2.45, 2.75) is 40.2 Å². The smallest absolute Gasteiger partial charge is 0.314 e. The van der Waals surface area contributed by atoms with Gasteiger partial charge in [-0.3, -0.25) is 14.3 Å². The summed E-state index contributed by atoms with van der Waals surface area (Å²) in [7, 11) is 0. The molecule has 3 heterocycles. The summed E-state index contributed by atoms with van der Waals surface area (Å²) in [6, 6.07) is 0. The van der Waals surface area contributed by atoms with Crippen molar-refractivity contribution < 1.29 is 19.4 Å². The number of carboxylic acid groups (broad SMARTS) is 1. The van der Waals surface area contributed by atoms with Crippen LogP contribution in [0, 0.1) is 25.2 Å². The molecule has 7 heteroatoms. The van der Waals surface area contributed by atoms with Gasteiger partial charge < -0.3 is 14.7 Å². The molecule has 7 nitrogen and oxygen atoms in total. The largest absolute Gasteiger partial charge is 0.481 e. The summed E-state index contributed by atoms with van der Waals surface area (Å²) in [5.41, 5.74) is 2.19. The van der Waals surface area contributed by atoms with Crippen LogP contribution in [0.5, 0.6) is 0 Å². The van der Waals surface area contributed by atoms with Gasteiger partial charge in [-0.1, -0.05) is 6.92 Å². The fraction of sp³-hybridized carbons (Fsp3) is 0.706. The van der Waals surface area contributed by atoms with E-state index < -0.39 is 11.4 Å². The van der Waals surface area contributed by atoms with Gasteiger partial charge in [-0.25, -0.2) is 0 Å². The second kappa shape index (κ2) is 6.20. The molecular weight excluding hydrogens is 310 g/mol. The number of aliphatic carboxylic acids is 1. The molecule has 0 spiro atoms. The minimum absolute atomic E-state index is 0.0284. The van der Waals surface area contributed by atoms with Crippen LogP contribution in [0.15, 0.2) is 0 Å². The monoisotopic (exact) mass is 335 g/mol. The SMILES string of the molecule is CCc1c(C)nn(CC(=O)N2C[C@@H]3CCOC[C@]3(C(=O)O)C2)c1C. The Bertz CT molecular complexity index is 669. The minimum Gasteiger partial charge on any atom is -0.481 e. The number of carbonyl (C=O) groups excluding carboxylic acids is 1. The van der Waals surface area contributed by atoms with Crippen molar-refractivity contribution in [3.63, 3.8) is 0 Å². The van der Waals surface area contributed by atoms with Crippen LogP contribution in [-0.2, 0) is 27.3 Å². The fourth-order valence-corrected chi connectivity index (χ4v) is 4.11. The van der Waals surface area contributed by atoms with E-state index in [9.17, 15) is 14.7 Å². The molecule has 0 unspecified atom stereocenters. The molecule has 1 amide bonds. The molecule has 0 saturated carbocycles. The molecule has 132 valence electrons. The van der Waals surface area contributed by atoms with Crippen LogP contribution < -0.4 is 0 Å². The van der Waals surface area contributed by atoms with Gasteiger partial charge in [-0.2, -0.15) is 5.10 Å². The minimum atomic E-state index is -0.947. The van der Waals surface area contributed by atoms with Crippen LogP contribution in [0.25, 0.3) is 0 Å². The lowest BCUT2D eigenvalue weighted by molar-refractivity contribution is -0.159. The molecule has 2 saturated heterocycles. The Morgan fingerprint density at radius 3 is 2.75 bits per heavy atom. The number of amides is 1. The van der Waals surface area contributed by atoms with Crippen molar-refractivity contribution in [3.8, 4) is 0 Å². The first kappa shape index (κ1) is 17.0. The Kier molecular flexibility index (Phi) is 4.38. The van der Waals surface area contributed by atoms with Crippen LogP contribution >= 0.6 is 0 Å². The van der Waals surface area contributed by atoms with Crippen molar-refractivity contribution in [1.82, 2.24) is 14.7 Å². The first-order valence-electron chi connectivity index (χ1n) is 8.51. The van der Waals surface area contributed by atoms with E-state index in [0.29, 0.717) is 19.6 Å². The molecule has 2 aliphatic rings. The van der Waals surface area contributed by atoms with Gasteiger partial charge in [0, 0.05) is 25.4 Å². The highest BCUT2D eigenvalue weighted by Crippen LogP contribution is 2.41. The van der Waals surface area contributed by atoms with E-state index in [2.05, 4.69) is 12.0 Å². The number of rotatable bonds is 4. The second-order valence-corrected chi connectivity index (χ2v) is 6.93. The van der Waals surface area contributed by atoms with Crippen molar-refractivity contribution in [3.05, 3.63) is 17.0 Å². The predicted octanol–water partition coefficient (Wildman–Crippen LogP) is 1.01. The summed E-state index contributed by atoms with van der Waals surface area (Å²) in [6.07, 6.45) is 1.58. The van der Waals surface area contributed by atoms with Crippen LogP contribution in [0.3, 0.4) is 0 Å². The summed E-state index contributed by atoms with van der Waals surface area (Å²) >= 11 is 0. The Hall–Kier alpha value is -1.89. The summed E-state index contributed by atoms with van der Waals surface area (Å²) in [5, 5.41) is 14.1. The van der Waals surface area contributed by atoms with E-state index in [1.165, 1.54) is 5.56 Å².